The van der Waals surface area contributed by atoms with Crippen LogP contribution in [0.2, 0.25) is 0 Å². The minimum atomic E-state index is -0.121. The Morgan fingerprint density at radius 1 is 1.06 bits per heavy atom. The van der Waals surface area contributed by atoms with E-state index < -0.39 is 0 Å². The first-order valence-corrected chi connectivity index (χ1v) is 10.0. The van der Waals surface area contributed by atoms with Gasteiger partial charge in [-0.2, -0.15) is 0 Å². The van der Waals surface area contributed by atoms with E-state index in [-0.39, 0.29) is 36.3 Å². The first-order chi connectivity index (χ1) is 15.0. The summed E-state index contributed by atoms with van der Waals surface area (Å²) in [6, 6.07) is 7.40. The van der Waals surface area contributed by atoms with Crippen LogP contribution in [-0.4, -0.2) is 51.3 Å². The quantitative estimate of drug-likeness (QED) is 0.234. The number of carbonyl (C=O) groups excluding carboxylic acids is 1. The summed E-state index contributed by atoms with van der Waals surface area (Å²) in [4.78, 5) is 20.9. The Morgan fingerprint density at radius 3 is 2.28 bits per heavy atom. The molecule has 0 spiro atoms. The van der Waals surface area contributed by atoms with E-state index in [0.29, 0.717) is 48.7 Å². The number of halogens is 1. The van der Waals surface area contributed by atoms with Crippen LogP contribution in [0.4, 0.5) is 5.82 Å². The van der Waals surface area contributed by atoms with E-state index in [1.807, 2.05) is 32.0 Å². The van der Waals surface area contributed by atoms with Crippen LogP contribution in [0.1, 0.15) is 24.5 Å². The average Bonchev–Trinajstić information content (AvgIpc) is 2.78. The number of aromatic nitrogens is 1. The third-order valence-electron chi connectivity index (χ3n) is 4.31. The molecular formula is C22H32IN5O4. The lowest BCUT2D eigenvalue weighted by atomic mass is 10.2. The Labute approximate surface area is 206 Å². The van der Waals surface area contributed by atoms with Crippen molar-refractivity contribution in [3.63, 3.8) is 0 Å². The normalized spacial score (nSPS) is 10.6. The molecule has 0 radical (unpaired) electrons. The smallest absolute Gasteiger partial charge is 0.227 e. The summed E-state index contributed by atoms with van der Waals surface area (Å²) in [5.74, 6) is 2.72. The van der Waals surface area contributed by atoms with Gasteiger partial charge >= 0.3 is 0 Å². The fourth-order valence-electron chi connectivity index (χ4n) is 2.78. The van der Waals surface area contributed by atoms with Crippen LogP contribution in [0.5, 0.6) is 17.2 Å². The fourth-order valence-corrected chi connectivity index (χ4v) is 2.78. The van der Waals surface area contributed by atoms with Crippen LogP contribution < -0.4 is 30.2 Å². The highest BCUT2D eigenvalue weighted by atomic mass is 127. The molecule has 10 heteroatoms. The largest absolute Gasteiger partial charge is 0.493 e. The Bertz CT molecular complexity index is 865. The molecule has 0 aliphatic rings. The lowest BCUT2D eigenvalue weighted by Crippen LogP contribution is -2.38. The summed E-state index contributed by atoms with van der Waals surface area (Å²) in [7, 11) is 4.72. The van der Waals surface area contributed by atoms with Crippen molar-refractivity contribution in [1.82, 2.24) is 15.6 Å². The number of hydrogen-bond acceptors (Lipinski definition) is 6. The minimum Gasteiger partial charge on any atom is -0.493 e. The molecule has 9 nitrogen and oxygen atoms in total. The molecule has 1 amide bonds. The van der Waals surface area contributed by atoms with Crippen molar-refractivity contribution < 1.29 is 19.0 Å². The van der Waals surface area contributed by atoms with Gasteiger partial charge in [-0.15, -0.1) is 24.0 Å². The number of benzene rings is 1. The number of ether oxygens (including phenoxy) is 3. The summed E-state index contributed by atoms with van der Waals surface area (Å²) in [5.41, 5.74) is 1.94. The maximum absolute atomic E-state index is 12.1. The van der Waals surface area contributed by atoms with E-state index in [2.05, 4.69) is 25.9 Å². The number of guanidine groups is 1. The van der Waals surface area contributed by atoms with E-state index in [4.69, 9.17) is 14.2 Å². The monoisotopic (exact) mass is 557 g/mol. The third-order valence-corrected chi connectivity index (χ3v) is 4.31. The predicted molar refractivity (Wildman–Crippen MR) is 137 cm³/mol. The Hall–Kier alpha value is -2.76. The second-order valence-electron chi connectivity index (χ2n) is 6.67. The minimum absolute atomic E-state index is 0. The van der Waals surface area contributed by atoms with E-state index in [0.717, 1.165) is 11.1 Å². The molecule has 0 unspecified atom stereocenters. The van der Waals surface area contributed by atoms with Gasteiger partial charge in [0.2, 0.25) is 11.7 Å². The summed E-state index contributed by atoms with van der Waals surface area (Å²) in [5, 5.41) is 9.12. The first kappa shape index (κ1) is 27.3. The summed E-state index contributed by atoms with van der Waals surface area (Å²) in [6.07, 6.45) is 2.00. The van der Waals surface area contributed by atoms with Gasteiger partial charge in [-0.25, -0.2) is 9.98 Å². The van der Waals surface area contributed by atoms with Gasteiger partial charge in [-0.1, -0.05) is 6.07 Å². The second-order valence-corrected chi connectivity index (χ2v) is 6.67. The standard InChI is InChI=1S/C22H31N5O4.HI/c1-6-23-22(24-10-9-20(28)27-19-8-7-15(2)13-25-19)26-14-16-11-17(29-3)21(31-5)18(12-16)30-4;/h7-8,11-13H,6,9-10,14H2,1-5H3,(H2,23,24,26)(H,25,27,28);1H. The van der Waals surface area contributed by atoms with E-state index >= 15 is 0 Å². The van der Waals surface area contributed by atoms with Crippen molar-refractivity contribution >= 4 is 41.7 Å². The second kappa shape index (κ2) is 14.3. The number of carbonyl (C=O) groups is 1. The van der Waals surface area contributed by atoms with Crippen molar-refractivity contribution in [3.05, 3.63) is 41.6 Å². The lowest BCUT2D eigenvalue weighted by molar-refractivity contribution is -0.116. The Kier molecular flexibility index (Phi) is 12.2. The van der Waals surface area contributed by atoms with Gasteiger partial charge < -0.3 is 30.2 Å². The van der Waals surface area contributed by atoms with Gasteiger partial charge in [0.05, 0.1) is 27.9 Å². The number of nitrogens with zero attached hydrogens (tertiary/aromatic N) is 2. The molecule has 176 valence electrons. The van der Waals surface area contributed by atoms with Gasteiger partial charge in [0, 0.05) is 25.7 Å². The lowest BCUT2D eigenvalue weighted by Gasteiger charge is -2.14. The van der Waals surface area contributed by atoms with Crippen molar-refractivity contribution in [2.45, 2.75) is 26.8 Å². The molecule has 1 heterocycles. The van der Waals surface area contributed by atoms with Crippen LogP contribution >= 0.6 is 24.0 Å². The number of aryl methyl sites for hydroxylation is 1. The molecule has 0 aliphatic carbocycles. The SMILES string of the molecule is CCNC(=NCc1cc(OC)c(OC)c(OC)c1)NCCC(=O)Nc1ccc(C)cn1.I. The highest BCUT2D eigenvalue weighted by Crippen LogP contribution is 2.38. The van der Waals surface area contributed by atoms with Gasteiger partial charge in [-0.05, 0) is 43.2 Å². The van der Waals surface area contributed by atoms with Gasteiger partial charge in [-0.3, -0.25) is 4.79 Å². The van der Waals surface area contributed by atoms with Crippen molar-refractivity contribution in [2.75, 3.05) is 39.7 Å². The van der Waals surface area contributed by atoms with Crippen molar-refractivity contribution in [1.29, 1.82) is 0 Å². The van der Waals surface area contributed by atoms with Crippen LogP contribution in [0.15, 0.2) is 35.5 Å². The molecule has 0 saturated heterocycles. The van der Waals surface area contributed by atoms with Crippen LogP contribution in [-0.2, 0) is 11.3 Å². The number of hydrogen-bond donors (Lipinski definition) is 3. The molecule has 0 aliphatic heterocycles. The van der Waals surface area contributed by atoms with E-state index in [9.17, 15) is 4.79 Å². The molecule has 0 saturated carbocycles. The topological polar surface area (TPSA) is 106 Å². The van der Waals surface area contributed by atoms with E-state index in [1.54, 1.807) is 33.6 Å². The number of methoxy groups -OCH3 is 3. The summed E-state index contributed by atoms with van der Waals surface area (Å²) in [6.45, 7) is 5.44. The van der Waals surface area contributed by atoms with Crippen LogP contribution in [0, 0.1) is 6.92 Å². The molecule has 3 N–H and O–H groups in total. The number of rotatable bonds is 10. The van der Waals surface area contributed by atoms with Gasteiger partial charge in [0.25, 0.3) is 0 Å². The summed E-state index contributed by atoms with van der Waals surface area (Å²) >= 11 is 0. The van der Waals surface area contributed by atoms with E-state index in [1.165, 1.54) is 0 Å². The molecule has 0 atom stereocenters. The fraction of sp³-hybridized carbons (Fsp3) is 0.409. The molecule has 32 heavy (non-hydrogen) atoms. The number of aliphatic imine (C=N–C) groups is 1. The molecular weight excluding hydrogens is 525 g/mol. The molecule has 0 fully saturated rings. The predicted octanol–water partition coefficient (Wildman–Crippen LogP) is 3.12. The highest BCUT2D eigenvalue weighted by Gasteiger charge is 2.13. The van der Waals surface area contributed by atoms with Gasteiger partial charge in [0.1, 0.15) is 5.82 Å². The third kappa shape index (κ3) is 8.40. The van der Waals surface area contributed by atoms with Crippen molar-refractivity contribution in [3.8, 4) is 17.2 Å². The zero-order valence-corrected chi connectivity index (χ0v) is 21.5. The highest BCUT2D eigenvalue weighted by molar-refractivity contribution is 14.0. The summed E-state index contributed by atoms with van der Waals surface area (Å²) < 4.78 is 16.1. The van der Waals surface area contributed by atoms with Gasteiger partial charge in [0.15, 0.2) is 17.5 Å². The molecule has 1 aromatic carbocycles. The maximum atomic E-state index is 12.1. The maximum Gasteiger partial charge on any atom is 0.227 e. The Balaban J connectivity index is 0.00000512. The number of anilines is 1. The number of pyridine rings is 1. The Morgan fingerprint density at radius 2 is 1.75 bits per heavy atom. The number of nitrogens with one attached hydrogen (secondary N) is 3. The van der Waals surface area contributed by atoms with Crippen LogP contribution in [0.3, 0.4) is 0 Å². The average molecular weight is 557 g/mol. The van der Waals surface area contributed by atoms with Crippen molar-refractivity contribution in [2.24, 2.45) is 4.99 Å². The van der Waals surface area contributed by atoms with Crippen LogP contribution in [0.25, 0.3) is 0 Å². The first-order valence-electron chi connectivity index (χ1n) is 10.0. The zero-order chi connectivity index (χ0) is 22.6. The molecule has 0 bridgehead atoms. The molecule has 2 rings (SSSR count). The number of amides is 1. The zero-order valence-electron chi connectivity index (χ0n) is 19.2. The molecule has 1 aromatic heterocycles. The molecule has 2 aromatic rings.